The molecule has 172 valence electrons. The molecule has 0 saturated heterocycles. The molecule has 0 saturated carbocycles. The molecule has 0 spiro atoms. The summed E-state index contributed by atoms with van der Waals surface area (Å²) >= 11 is 0. The highest BCUT2D eigenvalue weighted by molar-refractivity contribution is 6.99. The van der Waals surface area contributed by atoms with Crippen molar-refractivity contribution in [2.45, 2.75) is 38.0 Å². The van der Waals surface area contributed by atoms with Gasteiger partial charge in [0, 0.05) is 6.20 Å². The minimum absolute atomic E-state index is 0.245. The number of aliphatic hydroxyl groups is 1. The van der Waals surface area contributed by atoms with E-state index in [1.54, 1.807) is 6.08 Å². The van der Waals surface area contributed by atoms with E-state index in [-0.39, 0.29) is 17.2 Å². The molecular weight excluding hydrogens is 436 g/mol. The van der Waals surface area contributed by atoms with E-state index in [2.05, 4.69) is 55.0 Å². The van der Waals surface area contributed by atoms with Crippen molar-refractivity contribution in [3.05, 3.63) is 105 Å². The lowest BCUT2D eigenvalue weighted by atomic mass is 10.2. The topological polar surface area (TPSA) is 104 Å². The molecule has 4 rings (SSSR count). The first-order valence-electron chi connectivity index (χ1n) is 10.9. The highest BCUT2D eigenvalue weighted by Crippen LogP contribution is 2.41. The molecule has 0 bridgehead atoms. The Morgan fingerprint density at radius 3 is 2.06 bits per heavy atom. The molecule has 2 heterocycles. The molecule has 0 unspecified atom stereocenters. The van der Waals surface area contributed by atoms with Crippen molar-refractivity contribution in [3.63, 3.8) is 0 Å². The highest BCUT2D eigenvalue weighted by Gasteiger charge is 2.53. The zero-order chi connectivity index (χ0) is 23.6. The van der Waals surface area contributed by atoms with E-state index >= 15 is 0 Å². The number of aromatic amines is 2. The van der Waals surface area contributed by atoms with Crippen molar-refractivity contribution in [2.24, 2.45) is 0 Å². The first kappa shape index (κ1) is 23.0. The summed E-state index contributed by atoms with van der Waals surface area (Å²) in [5.74, 6) is 0.488. The standard InChI is InChI=1S/C25H28N2O5Si/c1-25(2,3)33(17-10-6-4-7-11-17,18-12-8-5-9-13-18)32-21-14-20(31-22(21)16-28)19-15-26-24(30)27-23(19)29/h4-15,20,22,28H,16H2,1-3H3,(H2,26,27,29,30)/t20-,22-/m1/s1. The monoisotopic (exact) mass is 464 g/mol. The normalized spacial score (nSPS) is 18.7. The van der Waals surface area contributed by atoms with Gasteiger partial charge in [0.05, 0.1) is 12.2 Å². The van der Waals surface area contributed by atoms with Crippen molar-refractivity contribution in [1.82, 2.24) is 9.97 Å². The molecule has 2 atom stereocenters. The second kappa shape index (κ2) is 8.97. The quantitative estimate of drug-likeness (QED) is 0.484. The van der Waals surface area contributed by atoms with E-state index in [4.69, 9.17) is 9.16 Å². The maximum atomic E-state index is 12.3. The maximum absolute atomic E-state index is 12.3. The summed E-state index contributed by atoms with van der Waals surface area (Å²) in [4.78, 5) is 28.5. The summed E-state index contributed by atoms with van der Waals surface area (Å²) in [5.41, 5.74) is -0.884. The number of hydrogen-bond acceptors (Lipinski definition) is 5. The molecule has 33 heavy (non-hydrogen) atoms. The van der Waals surface area contributed by atoms with Gasteiger partial charge >= 0.3 is 14.0 Å². The van der Waals surface area contributed by atoms with E-state index in [1.807, 2.05) is 36.4 Å². The molecule has 3 aromatic rings. The van der Waals surface area contributed by atoms with Crippen LogP contribution < -0.4 is 21.6 Å². The van der Waals surface area contributed by atoms with Crippen LogP contribution in [0.25, 0.3) is 0 Å². The van der Waals surface area contributed by atoms with Crippen molar-refractivity contribution in [2.75, 3.05) is 6.61 Å². The molecule has 1 aliphatic rings. The zero-order valence-electron chi connectivity index (χ0n) is 18.9. The van der Waals surface area contributed by atoms with Gasteiger partial charge in [0.1, 0.15) is 18.0 Å². The molecule has 2 aromatic carbocycles. The Bertz CT molecular complexity index is 1210. The van der Waals surface area contributed by atoms with Crippen LogP contribution in [0.1, 0.15) is 32.4 Å². The fourth-order valence-corrected chi connectivity index (χ4v) is 8.88. The third kappa shape index (κ3) is 4.24. The van der Waals surface area contributed by atoms with Crippen LogP contribution >= 0.6 is 0 Å². The average Bonchev–Trinajstić information content (AvgIpc) is 3.20. The summed E-state index contributed by atoms with van der Waals surface area (Å²) in [7, 11) is -2.93. The summed E-state index contributed by atoms with van der Waals surface area (Å²) in [6.07, 6.45) is 1.57. The predicted molar refractivity (Wildman–Crippen MR) is 129 cm³/mol. The van der Waals surface area contributed by atoms with Gasteiger partial charge in [0.25, 0.3) is 5.56 Å². The van der Waals surface area contributed by atoms with E-state index in [9.17, 15) is 14.7 Å². The van der Waals surface area contributed by atoms with Gasteiger partial charge in [0.15, 0.2) is 0 Å². The summed E-state index contributed by atoms with van der Waals surface area (Å²) in [6.45, 7) is 6.18. The van der Waals surface area contributed by atoms with Crippen molar-refractivity contribution in [1.29, 1.82) is 0 Å². The van der Waals surface area contributed by atoms with Gasteiger partial charge in [-0.15, -0.1) is 0 Å². The van der Waals surface area contributed by atoms with Crippen LogP contribution in [0.15, 0.2) is 88.3 Å². The number of benzene rings is 2. The molecule has 8 heteroatoms. The van der Waals surface area contributed by atoms with Gasteiger partial charge < -0.3 is 19.3 Å². The fourth-order valence-electron chi connectivity index (χ4n) is 4.39. The van der Waals surface area contributed by atoms with Crippen LogP contribution in [0.5, 0.6) is 0 Å². The van der Waals surface area contributed by atoms with Crippen LogP contribution in [0.3, 0.4) is 0 Å². The van der Waals surface area contributed by atoms with Crippen LogP contribution in [0, 0.1) is 0 Å². The number of nitrogens with one attached hydrogen (secondary N) is 2. The van der Waals surface area contributed by atoms with Crippen LogP contribution in [-0.4, -0.2) is 36.1 Å². The number of ether oxygens (including phenoxy) is 1. The predicted octanol–water partition coefficient (Wildman–Crippen LogP) is 1.96. The van der Waals surface area contributed by atoms with E-state index in [0.717, 1.165) is 10.4 Å². The van der Waals surface area contributed by atoms with E-state index in [0.29, 0.717) is 5.76 Å². The lowest BCUT2D eigenvalue weighted by Gasteiger charge is -2.43. The van der Waals surface area contributed by atoms with Crippen LogP contribution in [0.2, 0.25) is 5.04 Å². The Morgan fingerprint density at radius 1 is 1.00 bits per heavy atom. The van der Waals surface area contributed by atoms with Crippen molar-refractivity contribution in [3.8, 4) is 0 Å². The highest BCUT2D eigenvalue weighted by atomic mass is 28.4. The zero-order valence-corrected chi connectivity index (χ0v) is 19.9. The molecule has 7 nitrogen and oxygen atoms in total. The number of H-pyrrole nitrogens is 2. The Labute approximate surface area is 192 Å². The Kier molecular flexibility index (Phi) is 6.25. The fraction of sp³-hybridized carbons (Fsp3) is 0.280. The molecule has 0 fully saturated rings. The van der Waals surface area contributed by atoms with Gasteiger partial charge in [-0.2, -0.15) is 0 Å². The third-order valence-corrected chi connectivity index (χ3v) is 10.9. The Hall–Kier alpha value is -3.20. The summed E-state index contributed by atoms with van der Waals surface area (Å²) in [5, 5.41) is 12.0. The van der Waals surface area contributed by atoms with Gasteiger partial charge in [-0.3, -0.25) is 9.78 Å². The first-order valence-corrected chi connectivity index (χ1v) is 12.8. The first-order chi connectivity index (χ1) is 15.8. The third-order valence-electron chi connectivity index (χ3n) is 5.95. The largest absolute Gasteiger partial charge is 0.535 e. The number of rotatable bonds is 6. The number of aromatic nitrogens is 2. The van der Waals surface area contributed by atoms with Gasteiger partial charge in [-0.1, -0.05) is 81.4 Å². The second-order valence-electron chi connectivity index (χ2n) is 9.09. The molecular formula is C25H28N2O5Si. The smallest absolute Gasteiger partial charge is 0.325 e. The molecule has 0 aliphatic carbocycles. The Balaban J connectivity index is 1.86. The SMILES string of the molecule is CC(C)(C)[Si](OC1=C[C@H](c2c[nH]c(=O)[nH]c2=O)O[C@@H]1CO)(c1ccccc1)c1ccccc1. The lowest BCUT2D eigenvalue weighted by molar-refractivity contribution is 0.00670. The van der Waals surface area contributed by atoms with E-state index in [1.165, 1.54) is 6.20 Å². The number of aliphatic hydroxyl groups excluding tert-OH is 1. The number of hydrogen-bond donors (Lipinski definition) is 3. The molecule has 0 radical (unpaired) electrons. The van der Waals surface area contributed by atoms with Gasteiger partial charge in [-0.25, -0.2) is 4.79 Å². The molecule has 0 amide bonds. The maximum Gasteiger partial charge on any atom is 0.325 e. The summed E-state index contributed by atoms with van der Waals surface area (Å²) in [6, 6.07) is 20.3. The molecule has 1 aromatic heterocycles. The lowest BCUT2D eigenvalue weighted by Crippen LogP contribution is -2.66. The molecule has 1 aliphatic heterocycles. The van der Waals surface area contributed by atoms with Crippen LogP contribution in [0.4, 0.5) is 0 Å². The minimum Gasteiger partial charge on any atom is -0.535 e. The minimum atomic E-state index is -2.93. The average molecular weight is 465 g/mol. The van der Waals surface area contributed by atoms with Crippen molar-refractivity contribution < 1.29 is 14.3 Å². The van der Waals surface area contributed by atoms with Gasteiger partial charge in [-0.05, 0) is 21.5 Å². The second-order valence-corrected chi connectivity index (χ2v) is 13.3. The van der Waals surface area contributed by atoms with E-state index < -0.39 is 31.8 Å². The Morgan fingerprint density at radius 2 is 1.58 bits per heavy atom. The summed E-state index contributed by atoms with van der Waals surface area (Å²) < 4.78 is 13.0. The molecule has 3 N–H and O–H groups in total. The van der Waals surface area contributed by atoms with Crippen LogP contribution in [-0.2, 0) is 9.16 Å². The van der Waals surface area contributed by atoms with Crippen molar-refractivity contribution >= 4 is 18.7 Å². The van der Waals surface area contributed by atoms with Gasteiger partial charge in [0.2, 0.25) is 0 Å².